The molecule has 0 saturated carbocycles. The topological polar surface area (TPSA) is 78.1 Å². The molecule has 0 bridgehead atoms. The predicted molar refractivity (Wildman–Crippen MR) is 134 cm³/mol. The van der Waals surface area contributed by atoms with Gasteiger partial charge in [-0.05, 0) is 17.7 Å². The normalized spacial score (nSPS) is 30.1. The number of rotatable bonds is 6. The average molecular weight is 663 g/mol. The van der Waals surface area contributed by atoms with E-state index in [1.807, 2.05) is 4.90 Å². The van der Waals surface area contributed by atoms with Crippen LogP contribution in [-0.2, 0) is 33.4 Å². The molecule has 216 valence electrons. The number of carbonyl (C=O) groups excluding carboxylic acids is 1. The van der Waals surface area contributed by atoms with Crippen LogP contribution in [0.5, 0.6) is 0 Å². The van der Waals surface area contributed by atoms with E-state index in [0.717, 1.165) is 70.0 Å². The van der Waals surface area contributed by atoms with E-state index in [9.17, 15) is 18.0 Å². The van der Waals surface area contributed by atoms with Gasteiger partial charge in [0.1, 0.15) is 0 Å². The first-order chi connectivity index (χ1) is 18.8. The van der Waals surface area contributed by atoms with Gasteiger partial charge in [0.15, 0.2) is 0 Å². The predicted octanol–water partition coefficient (Wildman–Crippen LogP) is -0.696. The molecular formula is C27H36F3IN5O3-. The number of amides is 1. The van der Waals surface area contributed by atoms with E-state index in [4.69, 9.17) is 9.47 Å². The van der Waals surface area contributed by atoms with Crippen molar-refractivity contribution in [2.24, 2.45) is 0 Å². The summed E-state index contributed by atoms with van der Waals surface area (Å²) in [6, 6.07) is 4.23. The number of nitrogens with zero attached hydrogens (tertiary/aromatic N) is 2. The number of nitrogens with one attached hydrogen (secondary N) is 3. The molecule has 12 heteroatoms. The van der Waals surface area contributed by atoms with E-state index in [2.05, 4.69) is 17.3 Å². The van der Waals surface area contributed by atoms with E-state index in [1.165, 1.54) is 17.5 Å². The van der Waals surface area contributed by atoms with Crippen LogP contribution in [0.3, 0.4) is 0 Å². The standard InChI is InChI=1S/C27H36F3IN5O3/c28-27(29,30)19-4-3-17-7-9-35(13-18(17)12-19)16-25(37)32-22-14-36(20-2-1-10-38-11-8-20)15-24(22)39-23-6-5-21-26(23)34-31-33-21/h3-4,12,20,22-24,33-34H,1-2,5-11,13-16H2,(H,32,37)/q-1/t20?,22?,23?,24-/m0/s1. The van der Waals surface area contributed by atoms with Gasteiger partial charge in [-0.25, -0.2) is 0 Å². The summed E-state index contributed by atoms with van der Waals surface area (Å²) in [4.78, 5) is 17.6. The second kappa shape index (κ2) is 11.7. The summed E-state index contributed by atoms with van der Waals surface area (Å²) in [5.41, 5.74) is 3.41. The zero-order valence-electron chi connectivity index (χ0n) is 21.9. The van der Waals surface area contributed by atoms with Gasteiger partial charge in [-0.2, -0.15) is 13.2 Å². The van der Waals surface area contributed by atoms with E-state index >= 15 is 0 Å². The van der Waals surface area contributed by atoms with Crippen molar-refractivity contribution in [2.75, 3.05) is 39.4 Å². The Morgan fingerprint density at radius 1 is 1.13 bits per heavy atom. The van der Waals surface area contributed by atoms with Crippen molar-refractivity contribution in [1.29, 1.82) is 0 Å². The van der Waals surface area contributed by atoms with Crippen molar-refractivity contribution < 1.29 is 49.2 Å². The minimum atomic E-state index is -4.37. The molecule has 6 rings (SSSR count). The van der Waals surface area contributed by atoms with E-state index in [-0.39, 0.29) is 52.5 Å². The van der Waals surface area contributed by atoms with Crippen LogP contribution in [0.25, 0.3) is 0 Å². The van der Waals surface area contributed by atoms with Crippen LogP contribution in [0, 0.1) is 0 Å². The number of ether oxygens (including phenoxy) is 2. The van der Waals surface area contributed by atoms with Crippen LogP contribution in [0.15, 0.2) is 29.6 Å². The summed E-state index contributed by atoms with van der Waals surface area (Å²) in [6.07, 6.45) is 1.20. The maximum absolute atomic E-state index is 13.3. The first kappa shape index (κ1) is 27.6. The Morgan fingerprint density at radius 2 is 2.03 bits per heavy atom. The number of fused-ring (bicyclic) bond motifs is 1. The van der Waals surface area contributed by atoms with Crippen LogP contribution in [-0.4, -0.2) is 79.4 Å². The molecule has 2 saturated heterocycles. The number of carbonyl (C=O) groups is 1. The Bertz CT molecular complexity index is 1090. The molecule has 4 aliphatic heterocycles. The minimum absolute atomic E-state index is 0.0259. The summed E-state index contributed by atoms with van der Waals surface area (Å²) < 4.78 is 59.0. The first-order valence-electron chi connectivity index (χ1n) is 13.9. The summed E-state index contributed by atoms with van der Waals surface area (Å²) >= 11 is -0.243. The quantitative estimate of drug-likeness (QED) is 0.275. The monoisotopic (exact) mass is 662 g/mol. The summed E-state index contributed by atoms with van der Waals surface area (Å²) in [6.45, 7) is 4.20. The third kappa shape index (κ3) is 6.34. The molecule has 2 fully saturated rings. The van der Waals surface area contributed by atoms with Gasteiger partial charge in [-0.3, -0.25) is 0 Å². The van der Waals surface area contributed by atoms with Crippen molar-refractivity contribution >= 4 is 5.91 Å². The second-order valence-corrected chi connectivity index (χ2v) is 12.8. The van der Waals surface area contributed by atoms with Gasteiger partial charge in [0.05, 0.1) is 5.56 Å². The Hall–Kier alpha value is -1.61. The second-order valence-electron chi connectivity index (χ2n) is 11.1. The van der Waals surface area contributed by atoms with Gasteiger partial charge in [0, 0.05) is 0 Å². The molecule has 0 radical (unpaired) electrons. The van der Waals surface area contributed by atoms with Gasteiger partial charge >= 0.3 is 196 Å². The molecule has 1 aromatic rings. The van der Waals surface area contributed by atoms with Gasteiger partial charge < -0.3 is 0 Å². The Kier molecular flexibility index (Phi) is 8.27. The molecule has 3 N–H and O–H groups in total. The molecule has 0 spiro atoms. The number of hydrogen-bond donors (Lipinski definition) is 3. The third-order valence-corrected chi connectivity index (χ3v) is 10.3. The number of halogens is 4. The zero-order chi connectivity index (χ0) is 27.0. The molecule has 3 unspecified atom stereocenters. The van der Waals surface area contributed by atoms with Crippen LogP contribution < -0.4 is 34.1 Å². The zero-order valence-corrected chi connectivity index (χ0v) is 24.0. The van der Waals surface area contributed by atoms with Gasteiger partial charge in [0.2, 0.25) is 0 Å². The fourth-order valence-corrected chi connectivity index (χ4v) is 8.44. The fourth-order valence-electron chi connectivity index (χ4n) is 6.46. The Balaban J connectivity index is 1.10. The van der Waals surface area contributed by atoms with Crippen LogP contribution in [0.4, 0.5) is 13.2 Å². The molecule has 8 nitrogen and oxygen atoms in total. The fraction of sp³-hybridized carbons (Fsp3) is 0.667. The Labute approximate surface area is 238 Å². The van der Waals surface area contributed by atoms with Crippen molar-refractivity contribution in [1.82, 2.24) is 22.2 Å². The molecule has 1 amide bonds. The van der Waals surface area contributed by atoms with Crippen LogP contribution >= 0.6 is 0 Å². The van der Waals surface area contributed by atoms with Gasteiger partial charge in [-0.15, -0.1) is 0 Å². The van der Waals surface area contributed by atoms with Crippen LogP contribution in [0.1, 0.15) is 48.8 Å². The Morgan fingerprint density at radius 3 is 2.90 bits per heavy atom. The molecule has 4 heterocycles. The number of benzene rings is 1. The van der Waals surface area contributed by atoms with Crippen molar-refractivity contribution in [3.63, 3.8) is 0 Å². The number of hydrogen-bond acceptors (Lipinski definition) is 7. The third-order valence-electron chi connectivity index (χ3n) is 8.52. The first-order valence-corrected chi connectivity index (χ1v) is 16.0. The molecular weight excluding hydrogens is 626 g/mol. The van der Waals surface area contributed by atoms with Gasteiger partial charge in [0.25, 0.3) is 0 Å². The van der Waals surface area contributed by atoms with E-state index < -0.39 is 11.7 Å². The number of allylic oxidation sites excluding steroid dienone is 1. The molecule has 1 aliphatic carbocycles. The summed E-state index contributed by atoms with van der Waals surface area (Å²) in [5, 5.41) is 3.25. The number of likely N-dealkylation sites (tertiary alicyclic amines) is 1. The molecule has 0 aromatic heterocycles. The van der Waals surface area contributed by atoms with Crippen molar-refractivity contribution in [2.45, 2.75) is 75.5 Å². The molecule has 4 atom stereocenters. The SMILES string of the molecule is O=C(CN1CCc2ccc(C(F)(F)F)cc2C1)NC1CN(C2CCCOCC2)C[C@@H]1OC1CCC2=C1N[I-]N2. The maximum atomic E-state index is 13.3. The average Bonchev–Trinajstić information content (AvgIpc) is 3.55. The molecule has 39 heavy (non-hydrogen) atoms. The summed E-state index contributed by atoms with van der Waals surface area (Å²) in [7, 11) is 0. The van der Waals surface area contributed by atoms with Crippen molar-refractivity contribution in [3.8, 4) is 0 Å². The van der Waals surface area contributed by atoms with Gasteiger partial charge in [-0.1, -0.05) is 6.07 Å². The van der Waals surface area contributed by atoms with E-state index in [1.54, 1.807) is 6.07 Å². The number of alkyl halides is 3. The van der Waals surface area contributed by atoms with Crippen LogP contribution in [0.2, 0.25) is 0 Å². The molecule has 1 aromatic carbocycles. The van der Waals surface area contributed by atoms with E-state index in [0.29, 0.717) is 31.1 Å². The molecule has 5 aliphatic rings. The summed E-state index contributed by atoms with van der Waals surface area (Å²) in [5.74, 6) is -0.104. The van der Waals surface area contributed by atoms with Crippen molar-refractivity contribution in [3.05, 3.63) is 46.3 Å².